The molecule has 0 heterocycles. The van der Waals surface area contributed by atoms with Gasteiger partial charge in [0.1, 0.15) is 0 Å². The van der Waals surface area contributed by atoms with E-state index < -0.39 is 10.0 Å². The summed E-state index contributed by atoms with van der Waals surface area (Å²) in [4.78, 5) is 12.1. The fourth-order valence-electron chi connectivity index (χ4n) is 3.01. The van der Waals surface area contributed by atoms with Gasteiger partial charge >= 0.3 is 0 Å². The Labute approximate surface area is 162 Å². The molecule has 1 unspecified atom stereocenters. The summed E-state index contributed by atoms with van der Waals surface area (Å²) in [5, 5.41) is 2.88. The summed E-state index contributed by atoms with van der Waals surface area (Å²) in [6.45, 7) is 2.59. The van der Waals surface area contributed by atoms with E-state index in [0.29, 0.717) is 6.54 Å². The number of nitrogens with one attached hydrogen (secondary N) is 1. The van der Waals surface area contributed by atoms with E-state index in [1.54, 1.807) is 0 Å². The van der Waals surface area contributed by atoms with Crippen LogP contribution in [0.25, 0.3) is 0 Å². The third kappa shape index (κ3) is 7.15. The van der Waals surface area contributed by atoms with Gasteiger partial charge < -0.3 is 5.32 Å². The van der Waals surface area contributed by atoms with E-state index in [9.17, 15) is 13.2 Å². The van der Waals surface area contributed by atoms with E-state index in [1.807, 2.05) is 55.5 Å². The number of aryl methyl sites for hydroxylation is 1. The van der Waals surface area contributed by atoms with E-state index in [0.717, 1.165) is 18.4 Å². The van der Waals surface area contributed by atoms with E-state index in [2.05, 4.69) is 17.4 Å². The molecule has 1 atom stereocenters. The Morgan fingerprint density at radius 3 is 2.22 bits per heavy atom. The van der Waals surface area contributed by atoms with Crippen LogP contribution in [0.3, 0.4) is 0 Å². The van der Waals surface area contributed by atoms with Crippen LogP contribution in [0.1, 0.15) is 36.9 Å². The Hall–Kier alpha value is -2.18. The van der Waals surface area contributed by atoms with Crippen LogP contribution in [-0.4, -0.2) is 38.0 Å². The number of hydrogen-bond acceptors (Lipinski definition) is 3. The van der Waals surface area contributed by atoms with Crippen molar-refractivity contribution in [1.29, 1.82) is 0 Å². The summed E-state index contributed by atoms with van der Waals surface area (Å²) in [7, 11) is -3.42. The largest absolute Gasteiger partial charge is 0.356 e. The van der Waals surface area contributed by atoms with Gasteiger partial charge in [0.2, 0.25) is 15.9 Å². The Morgan fingerprint density at radius 2 is 1.63 bits per heavy atom. The second kappa shape index (κ2) is 10.2. The van der Waals surface area contributed by atoms with Gasteiger partial charge in [0.05, 0.1) is 6.26 Å². The van der Waals surface area contributed by atoms with Crippen molar-refractivity contribution in [3.63, 3.8) is 0 Å². The fourth-order valence-corrected chi connectivity index (χ4v) is 4.13. The molecule has 1 N–H and O–H groups in total. The fraction of sp³-hybridized carbons (Fsp3) is 0.381. The molecule has 1 amide bonds. The van der Waals surface area contributed by atoms with Crippen molar-refractivity contribution in [1.82, 2.24) is 9.62 Å². The molecule has 0 saturated carbocycles. The van der Waals surface area contributed by atoms with E-state index in [4.69, 9.17) is 0 Å². The molecule has 2 rings (SSSR count). The number of carbonyl (C=O) groups excluding carboxylic acids is 1. The van der Waals surface area contributed by atoms with Crippen LogP contribution in [0.5, 0.6) is 0 Å². The molecule has 6 heteroatoms. The van der Waals surface area contributed by atoms with Crippen LogP contribution in [0, 0.1) is 0 Å². The van der Waals surface area contributed by atoms with Crippen molar-refractivity contribution in [2.75, 3.05) is 19.3 Å². The van der Waals surface area contributed by atoms with Crippen LogP contribution in [0.15, 0.2) is 60.7 Å². The van der Waals surface area contributed by atoms with Crippen molar-refractivity contribution < 1.29 is 13.2 Å². The molecule has 146 valence electrons. The number of nitrogens with zero attached hydrogens (tertiary/aromatic N) is 1. The first-order valence-electron chi connectivity index (χ1n) is 9.20. The SMILES string of the molecule is CC(c1ccccc1)N(CCC(=O)NCCCc1ccccc1)S(C)(=O)=O. The summed E-state index contributed by atoms with van der Waals surface area (Å²) in [6.07, 6.45) is 3.09. The minimum absolute atomic E-state index is 0.128. The molecular formula is C21H28N2O3S. The van der Waals surface area contributed by atoms with Crippen molar-refractivity contribution >= 4 is 15.9 Å². The zero-order valence-electron chi connectivity index (χ0n) is 16.0. The zero-order chi connectivity index (χ0) is 19.7. The summed E-state index contributed by atoms with van der Waals surface area (Å²) in [5.41, 5.74) is 2.15. The van der Waals surface area contributed by atoms with Gasteiger partial charge in [0.25, 0.3) is 0 Å². The Kier molecular flexibility index (Phi) is 8.00. The molecule has 0 aliphatic heterocycles. The first kappa shape index (κ1) is 21.1. The molecule has 0 aliphatic carbocycles. The number of amides is 1. The number of rotatable bonds is 10. The highest BCUT2D eigenvalue weighted by Gasteiger charge is 2.24. The van der Waals surface area contributed by atoms with Crippen molar-refractivity contribution in [2.24, 2.45) is 0 Å². The molecule has 2 aromatic carbocycles. The highest BCUT2D eigenvalue weighted by molar-refractivity contribution is 7.88. The van der Waals surface area contributed by atoms with Crippen LogP contribution in [0.4, 0.5) is 0 Å². The van der Waals surface area contributed by atoms with Gasteiger partial charge in [-0.25, -0.2) is 8.42 Å². The summed E-state index contributed by atoms with van der Waals surface area (Å²) in [5.74, 6) is -0.128. The van der Waals surface area contributed by atoms with Gasteiger partial charge in [-0.1, -0.05) is 60.7 Å². The molecule has 0 radical (unpaired) electrons. The second-order valence-electron chi connectivity index (χ2n) is 6.65. The first-order chi connectivity index (χ1) is 12.9. The van der Waals surface area contributed by atoms with E-state index in [-0.39, 0.29) is 24.9 Å². The molecule has 0 aliphatic rings. The number of benzene rings is 2. The molecule has 2 aromatic rings. The van der Waals surface area contributed by atoms with Gasteiger partial charge in [0, 0.05) is 25.6 Å². The first-order valence-corrected chi connectivity index (χ1v) is 11.0. The number of carbonyl (C=O) groups is 1. The topological polar surface area (TPSA) is 66.5 Å². The second-order valence-corrected chi connectivity index (χ2v) is 8.58. The lowest BCUT2D eigenvalue weighted by molar-refractivity contribution is -0.121. The standard InChI is InChI=1S/C21H28N2O3S/c1-18(20-13-7-4-8-14-20)23(27(2,25)26)17-15-21(24)22-16-9-12-19-10-5-3-6-11-19/h3-8,10-11,13-14,18H,9,12,15-17H2,1-2H3,(H,22,24). The molecule has 0 spiro atoms. The lowest BCUT2D eigenvalue weighted by Gasteiger charge is -2.27. The Bertz CT molecular complexity index is 808. The predicted octanol–water partition coefficient (Wildman–Crippen LogP) is 3.15. The number of hydrogen-bond donors (Lipinski definition) is 1. The minimum Gasteiger partial charge on any atom is -0.356 e. The highest BCUT2D eigenvalue weighted by Crippen LogP contribution is 2.22. The number of sulfonamides is 1. The van der Waals surface area contributed by atoms with Crippen molar-refractivity contribution in [2.45, 2.75) is 32.2 Å². The maximum atomic E-state index is 12.2. The van der Waals surface area contributed by atoms with Gasteiger partial charge in [-0.3, -0.25) is 4.79 Å². The molecule has 0 aromatic heterocycles. The minimum atomic E-state index is -3.42. The molecule has 0 saturated heterocycles. The third-order valence-corrected chi connectivity index (χ3v) is 5.86. The van der Waals surface area contributed by atoms with Gasteiger partial charge in [-0.15, -0.1) is 0 Å². The average molecular weight is 389 g/mol. The third-order valence-electron chi connectivity index (χ3n) is 4.51. The van der Waals surface area contributed by atoms with Crippen LogP contribution < -0.4 is 5.32 Å². The van der Waals surface area contributed by atoms with Crippen LogP contribution in [-0.2, 0) is 21.2 Å². The Balaban J connectivity index is 1.81. The summed E-state index contributed by atoms with van der Waals surface area (Å²) >= 11 is 0. The summed E-state index contributed by atoms with van der Waals surface area (Å²) < 4.78 is 25.7. The molecule has 0 fully saturated rings. The van der Waals surface area contributed by atoms with Crippen LogP contribution >= 0.6 is 0 Å². The zero-order valence-corrected chi connectivity index (χ0v) is 16.8. The lowest BCUT2D eigenvalue weighted by Crippen LogP contribution is -2.36. The van der Waals surface area contributed by atoms with Crippen molar-refractivity contribution in [3.8, 4) is 0 Å². The smallest absolute Gasteiger partial charge is 0.221 e. The Morgan fingerprint density at radius 1 is 1.04 bits per heavy atom. The maximum Gasteiger partial charge on any atom is 0.221 e. The quantitative estimate of drug-likeness (QED) is 0.636. The van der Waals surface area contributed by atoms with Crippen LogP contribution in [0.2, 0.25) is 0 Å². The van der Waals surface area contributed by atoms with E-state index in [1.165, 1.54) is 16.1 Å². The van der Waals surface area contributed by atoms with Crippen molar-refractivity contribution in [3.05, 3.63) is 71.8 Å². The van der Waals surface area contributed by atoms with Gasteiger partial charge in [-0.05, 0) is 30.9 Å². The normalized spacial score (nSPS) is 12.7. The molecule has 5 nitrogen and oxygen atoms in total. The van der Waals surface area contributed by atoms with Gasteiger partial charge in [-0.2, -0.15) is 4.31 Å². The van der Waals surface area contributed by atoms with E-state index >= 15 is 0 Å². The average Bonchev–Trinajstić information content (AvgIpc) is 2.66. The molecule has 0 bridgehead atoms. The lowest BCUT2D eigenvalue weighted by atomic mass is 10.1. The molecule has 27 heavy (non-hydrogen) atoms. The monoisotopic (exact) mass is 388 g/mol. The summed E-state index contributed by atoms with van der Waals surface area (Å²) in [6, 6.07) is 19.2. The molecular weight excluding hydrogens is 360 g/mol. The maximum absolute atomic E-state index is 12.2. The highest BCUT2D eigenvalue weighted by atomic mass is 32.2. The van der Waals surface area contributed by atoms with Gasteiger partial charge in [0.15, 0.2) is 0 Å². The predicted molar refractivity (Wildman–Crippen MR) is 109 cm³/mol.